The molecular formula is C19H12N. The Kier molecular flexibility index (Phi) is 2.49. The topological polar surface area (TPSA) is 12.9 Å². The van der Waals surface area contributed by atoms with Crippen LogP contribution in [-0.2, 0) is 0 Å². The summed E-state index contributed by atoms with van der Waals surface area (Å²) in [5, 5.41) is 3.63. The third-order valence-electron chi connectivity index (χ3n) is 3.63. The van der Waals surface area contributed by atoms with Gasteiger partial charge in [0.15, 0.2) is 0 Å². The van der Waals surface area contributed by atoms with Gasteiger partial charge in [0.05, 0.1) is 5.52 Å². The van der Waals surface area contributed by atoms with Gasteiger partial charge >= 0.3 is 0 Å². The van der Waals surface area contributed by atoms with E-state index in [2.05, 4.69) is 53.5 Å². The van der Waals surface area contributed by atoms with Gasteiger partial charge in [0, 0.05) is 22.4 Å². The van der Waals surface area contributed by atoms with Crippen molar-refractivity contribution in [1.29, 1.82) is 0 Å². The summed E-state index contributed by atoms with van der Waals surface area (Å²) in [7, 11) is 0. The Morgan fingerprint density at radius 3 is 2.70 bits per heavy atom. The lowest BCUT2D eigenvalue weighted by molar-refractivity contribution is 1.44. The number of hydrogen-bond donors (Lipinski definition) is 0. The van der Waals surface area contributed by atoms with Crippen LogP contribution in [0.2, 0.25) is 0 Å². The normalized spacial score (nSPS) is 11.0. The average molecular weight is 254 g/mol. The standard InChI is InChI=1S/C19H12N/c1-2-7-14(8-3-1)16-11-6-9-15-13-20-18-12-5-4-10-17(18)19(15)16/h1-2,4-13H. The van der Waals surface area contributed by atoms with Crippen LogP contribution in [0.15, 0.2) is 72.9 Å². The predicted molar refractivity (Wildman–Crippen MR) is 83.5 cm³/mol. The number of benzene rings is 3. The third kappa shape index (κ3) is 1.68. The first kappa shape index (κ1) is 11.2. The van der Waals surface area contributed by atoms with E-state index in [1.165, 1.54) is 27.3 Å². The fourth-order valence-electron chi connectivity index (χ4n) is 2.72. The molecule has 0 atom stereocenters. The molecule has 1 heterocycles. The molecule has 0 N–H and O–H groups in total. The SMILES string of the molecule is [c]1cccc(-c2cccc3cnc4ccccc4c23)c1. The largest absolute Gasteiger partial charge is 0.256 e. The molecule has 1 radical (unpaired) electrons. The van der Waals surface area contributed by atoms with Gasteiger partial charge in [-0.2, -0.15) is 0 Å². The number of pyridine rings is 1. The van der Waals surface area contributed by atoms with E-state index >= 15 is 0 Å². The number of hydrogen-bond acceptors (Lipinski definition) is 1. The van der Waals surface area contributed by atoms with Gasteiger partial charge in [-0.05, 0) is 29.3 Å². The number of rotatable bonds is 1. The molecule has 4 rings (SSSR count). The van der Waals surface area contributed by atoms with Crippen LogP contribution < -0.4 is 0 Å². The van der Waals surface area contributed by atoms with Gasteiger partial charge < -0.3 is 0 Å². The number of nitrogens with zero attached hydrogens (tertiary/aromatic N) is 1. The van der Waals surface area contributed by atoms with Crippen LogP contribution >= 0.6 is 0 Å². The molecule has 0 unspecified atom stereocenters. The molecule has 1 heteroatoms. The van der Waals surface area contributed by atoms with Crippen LogP contribution in [0.1, 0.15) is 0 Å². The van der Waals surface area contributed by atoms with Crippen molar-refractivity contribution in [3.05, 3.63) is 79.0 Å². The lowest BCUT2D eigenvalue weighted by atomic mass is 9.96. The van der Waals surface area contributed by atoms with E-state index in [0.717, 1.165) is 5.52 Å². The molecule has 0 aliphatic rings. The zero-order valence-corrected chi connectivity index (χ0v) is 10.9. The Bertz CT molecular complexity index is 895. The highest BCUT2D eigenvalue weighted by Gasteiger charge is 2.07. The minimum atomic E-state index is 1.03. The molecular weight excluding hydrogens is 242 g/mol. The Hall–Kier alpha value is -2.67. The van der Waals surface area contributed by atoms with Crippen LogP contribution in [0.3, 0.4) is 0 Å². The van der Waals surface area contributed by atoms with Gasteiger partial charge in [-0.25, -0.2) is 0 Å². The minimum Gasteiger partial charge on any atom is -0.256 e. The maximum atomic E-state index is 4.54. The van der Waals surface area contributed by atoms with E-state index in [1.807, 2.05) is 30.5 Å². The lowest BCUT2D eigenvalue weighted by Gasteiger charge is -2.09. The molecule has 0 aliphatic carbocycles. The van der Waals surface area contributed by atoms with Crippen molar-refractivity contribution in [3.63, 3.8) is 0 Å². The maximum absolute atomic E-state index is 4.54. The van der Waals surface area contributed by atoms with Gasteiger partial charge in [0.25, 0.3) is 0 Å². The molecule has 0 aliphatic heterocycles. The molecule has 0 amide bonds. The zero-order chi connectivity index (χ0) is 13.4. The van der Waals surface area contributed by atoms with Crippen LogP contribution in [0.25, 0.3) is 32.8 Å². The summed E-state index contributed by atoms with van der Waals surface area (Å²) in [4.78, 5) is 4.54. The lowest BCUT2D eigenvalue weighted by Crippen LogP contribution is -1.85. The summed E-state index contributed by atoms with van der Waals surface area (Å²) in [6, 6.07) is 25.9. The fraction of sp³-hybridized carbons (Fsp3) is 0. The summed E-state index contributed by atoms with van der Waals surface area (Å²) in [5.41, 5.74) is 3.46. The number of para-hydroxylation sites is 1. The van der Waals surface area contributed by atoms with Crippen molar-refractivity contribution in [1.82, 2.24) is 4.98 Å². The molecule has 3 aromatic carbocycles. The summed E-state index contributed by atoms with van der Waals surface area (Å²) < 4.78 is 0. The summed E-state index contributed by atoms with van der Waals surface area (Å²) in [6.07, 6.45) is 1.95. The molecule has 0 saturated carbocycles. The van der Waals surface area contributed by atoms with Crippen molar-refractivity contribution >= 4 is 21.7 Å². The minimum absolute atomic E-state index is 1.03. The molecule has 0 saturated heterocycles. The second-order valence-electron chi connectivity index (χ2n) is 4.84. The quantitative estimate of drug-likeness (QED) is 0.442. The third-order valence-corrected chi connectivity index (χ3v) is 3.63. The van der Waals surface area contributed by atoms with E-state index in [9.17, 15) is 0 Å². The average Bonchev–Trinajstić information content (AvgIpc) is 2.55. The second-order valence-corrected chi connectivity index (χ2v) is 4.84. The highest BCUT2D eigenvalue weighted by atomic mass is 14.6. The maximum Gasteiger partial charge on any atom is 0.0708 e. The fourth-order valence-corrected chi connectivity index (χ4v) is 2.72. The van der Waals surface area contributed by atoms with E-state index in [4.69, 9.17) is 0 Å². The van der Waals surface area contributed by atoms with Crippen molar-refractivity contribution in [2.45, 2.75) is 0 Å². The summed E-state index contributed by atoms with van der Waals surface area (Å²) in [5.74, 6) is 0. The molecule has 0 bridgehead atoms. The smallest absolute Gasteiger partial charge is 0.0708 e. The summed E-state index contributed by atoms with van der Waals surface area (Å²) >= 11 is 0. The van der Waals surface area contributed by atoms with Crippen LogP contribution in [0, 0.1) is 6.07 Å². The van der Waals surface area contributed by atoms with Crippen LogP contribution in [-0.4, -0.2) is 4.98 Å². The molecule has 0 spiro atoms. The van der Waals surface area contributed by atoms with Gasteiger partial charge in [-0.1, -0.05) is 54.6 Å². The van der Waals surface area contributed by atoms with Crippen LogP contribution in [0.4, 0.5) is 0 Å². The van der Waals surface area contributed by atoms with Gasteiger partial charge in [0.1, 0.15) is 0 Å². The molecule has 1 nitrogen and oxygen atoms in total. The Balaban J connectivity index is 2.19. The molecule has 0 fully saturated rings. The van der Waals surface area contributed by atoms with Crippen molar-refractivity contribution in [3.8, 4) is 11.1 Å². The second kappa shape index (κ2) is 4.46. The molecule has 1 aromatic heterocycles. The van der Waals surface area contributed by atoms with Crippen molar-refractivity contribution in [2.24, 2.45) is 0 Å². The first-order chi connectivity index (χ1) is 9.93. The van der Waals surface area contributed by atoms with E-state index in [1.54, 1.807) is 0 Å². The summed E-state index contributed by atoms with van der Waals surface area (Å²) in [6.45, 7) is 0. The van der Waals surface area contributed by atoms with Crippen LogP contribution in [0.5, 0.6) is 0 Å². The first-order valence-electron chi connectivity index (χ1n) is 6.66. The zero-order valence-electron chi connectivity index (χ0n) is 10.9. The molecule has 4 aromatic rings. The van der Waals surface area contributed by atoms with E-state index < -0.39 is 0 Å². The van der Waals surface area contributed by atoms with E-state index in [0.29, 0.717) is 0 Å². The Morgan fingerprint density at radius 2 is 1.80 bits per heavy atom. The Labute approximate surface area is 117 Å². The number of aromatic nitrogens is 1. The predicted octanol–water partition coefficient (Wildman–Crippen LogP) is 4.86. The first-order valence-corrected chi connectivity index (χ1v) is 6.66. The number of fused-ring (bicyclic) bond motifs is 3. The highest BCUT2D eigenvalue weighted by Crippen LogP contribution is 2.32. The molecule has 20 heavy (non-hydrogen) atoms. The van der Waals surface area contributed by atoms with Gasteiger partial charge in [-0.3, -0.25) is 4.98 Å². The van der Waals surface area contributed by atoms with Crippen molar-refractivity contribution < 1.29 is 0 Å². The van der Waals surface area contributed by atoms with Crippen molar-refractivity contribution in [2.75, 3.05) is 0 Å². The van der Waals surface area contributed by atoms with E-state index in [-0.39, 0.29) is 0 Å². The van der Waals surface area contributed by atoms with Gasteiger partial charge in [-0.15, -0.1) is 0 Å². The molecule has 93 valence electrons. The van der Waals surface area contributed by atoms with Gasteiger partial charge in [0.2, 0.25) is 0 Å². The monoisotopic (exact) mass is 254 g/mol. The Morgan fingerprint density at radius 1 is 0.850 bits per heavy atom. The highest BCUT2D eigenvalue weighted by molar-refractivity contribution is 6.12.